The highest BCUT2D eigenvalue weighted by molar-refractivity contribution is 5.99. The number of halogens is 1. The van der Waals surface area contributed by atoms with Crippen LogP contribution in [0.4, 0.5) is 5.69 Å². The third kappa shape index (κ3) is 4.92. The number of nitrogen functional groups attached to an aromatic ring is 1. The minimum absolute atomic E-state index is 0. The van der Waals surface area contributed by atoms with E-state index in [2.05, 4.69) is 13.8 Å². The van der Waals surface area contributed by atoms with E-state index in [1.807, 2.05) is 23.1 Å². The number of hydrogen-bond donors (Lipinski definition) is 1. The number of nitrogens with zero attached hydrogens (tertiary/aromatic N) is 1. The lowest BCUT2D eigenvalue weighted by molar-refractivity contribution is 0.0685. The van der Waals surface area contributed by atoms with E-state index in [9.17, 15) is 4.79 Å². The fourth-order valence-electron chi connectivity index (χ4n) is 2.86. The minimum atomic E-state index is 0. The van der Waals surface area contributed by atoms with Gasteiger partial charge in [0.05, 0.1) is 5.56 Å². The van der Waals surface area contributed by atoms with Crippen LogP contribution in [0.15, 0.2) is 24.3 Å². The zero-order valence-electron chi connectivity index (χ0n) is 13.0. The van der Waals surface area contributed by atoms with Crippen LogP contribution in [0.1, 0.15) is 49.9 Å². The van der Waals surface area contributed by atoms with Gasteiger partial charge in [-0.25, -0.2) is 0 Å². The number of hydrogen-bond acceptors (Lipinski definition) is 2. The Morgan fingerprint density at radius 3 is 2.48 bits per heavy atom. The van der Waals surface area contributed by atoms with Crippen molar-refractivity contribution < 1.29 is 4.79 Å². The monoisotopic (exact) mass is 310 g/mol. The number of para-hydroxylation sites is 1. The summed E-state index contributed by atoms with van der Waals surface area (Å²) in [5, 5.41) is 0. The van der Waals surface area contributed by atoms with Crippen LogP contribution in [0, 0.1) is 11.8 Å². The van der Waals surface area contributed by atoms with Gasteiger partial charge in [-0.3, -0.25) is 4.79 Å². The molecule has 1 aliphatic heterocycles. The number of likely N-dealkylation sites (tertiary alicyclic amines) is 1. The number of benzene rings is 1. The zero-order chi connectivity index (χ0) is 14.5. The average Bonchev–Trinajstić information content (AvgIpc) is 2.45. The fourth-order valence-corrected chi connectivity index (χ4v) is 2.86. The molecule has 0 bridgehead atoms. The van der Waals surface area contributed by atoms with Gasteiger partial charge in [0.1, 0.15) is 0 Å². The summed E-state index contributed by atoms with van der Waals surface area (Å²) >= 11 is 0. The molecule has 118 valence electrons. The molecular formula is C17H27ClN2O. The lowest BCUT2D eigenvalue weighted by atomic mass is 9.89. The van der Waals surface area contributed by atoms with Gasteiger partial charge in [0.15, 0.2) is 0 Å². The van der Waals surface area contributed by atoms with Crippen molar-refractivity contribution in [1.82, 2.24) is 4.90 Å². The van der Waals surface area contributed by atoms with Gasteiger partial charge >= 0.3 is 0 Å². The average molecular weight is 311 g/mol. The van der Waals surface area contributed by atoms with Crippen molar-refractivity contribution in [1.29, 1.82) is 0 Å². The molecule has 0 unspecified atom stereocenters. The fraction of sp³-hybridized carbons (Fsp3) is 0.588. The van der Waals surface area contributed by atoms with Crippen molar-refractivity contribution >= 4 is 24.0 Å². The van der Waals surface area contributed by atoms with E-state index in [1.165, 1.54) is 12.8 Å². The Hall–Kier alpha value is -1.22. The quantitative estimate of drug-likeness (QED) is 0.855. The van der Waals surface area contributed by atoms with E-state index < -0.39 is 0 Å². The molecule has 0 atom stereocenters. The van der Waals surface area contributed by atoms with Crippen molar-refractivity contribution in [3.63, 3.8) is 0 Å². The Bertz CT molecular complexity index is 454. The minimum Gasteiger partial charge on any atom is -0.398 e. The first-order valence-corrected chi connectivity index (χ1v) is 7.71. The molecule has 1 aromatic carbocycles. The molecule has 1 aromatic rings. The molecule has 2 rings (SSSR count). The molecule has 0 saturated carbocycles. The smallest absolute Gasteiger partial charge is 0.255 e. The van der Waals surface area contributed by atoms with Crippen LogP contribution in [0.3, 0.4) is 0 Å². The Kier molecular flexibility index (Phi) is 7.03. The number of amides is 1. The van der Waals surface area contributed by atoms with Gasteiger partial charge in [0, 0.05) is 18.8 Å². The van der Waals surface area contributed by atoms with Gasteiger partial charge in [0.25, 0.3) is 5.91 Å². The normalized spacial score (nSPS) is 15.9. The maximum absolute atomic E-state index is 12.4. The van der Waals surface area contributed by atoms with Crippen LogP contribution < -0.4 is 5.73 Å². The Morgan fingerprint density at radius 1 is 1.29 bits per heavy atom. The van der Waals surface area contributed by atoms with Gasteiger partial charge < -0.3 is 10.6 Å². The summed E-state index contributed by atoms with van der Waals surface area (Å²) in [7, 11) is 0. The molecule has 1 aliphatic rings. The topological polar surface area (TPSA) is 46.3 Å². The van der Waals surface area contributed by atoms with Gasteiger partial charge in [-0.05, 0) is 36.8 Å². The zero-order valence-corrected chi connectivity index (χ0v) is 13.9. The molecule has 21 heavy (non-hydrogen) atoms. The van der Waals surface area contributed by atoms with Crippen molar-refractivity contribution in [3.05, 3.63) is 29.8 Å². The number of carbonyl (C=O) groups excluding carboxylic acids is 1. The SMILES string of the molecule is CC(C)CCC1CCN(C(=O)c2ccccc2N)CC1.Cl. The molecule has 0 spiro atoms. The van der Waals surface area contributed by atoms with Gasteiger partial charge in [-0.1, -0.05) is 38.8 Å². The van der Waals surface area contributed by atoms with E-state index in [0.717, 1.165) is 37.8 Å². The van der Waals surface area contributed by atoms with E-state index in [-0.39, 0.29) is 18.3 Å². The molecular weight excluding hydrogens is 284 g/mol. The molecule has 1 amide bonds. The van der Waals surface area contributed by atoms with Crippen LogP contribution >= 0.6 is 12.4 Å². The van der Waals surface area contributed by atoms with Crippen molar-refractivity contribution in [3.8, 4) is 0 Å². The molecule has 0 aliphatic carbocycles. The number of carbonyl (C=O) groups is 1. The highest BCUT2D eigenvalue weighted by atomic mass is 35.5. The third-order valence-electron chi connectivity index (χ3n) is 4.25. The Balaban J connectivity index is 0.00000220. The van der Waals surface area contributed by atoms with Crippen LogP contribution in [0.25, 0.3) is 0 Å². The number of piperidine rings is 1. The first kappa shape index (κ1) is 17.8. The van der Waals surface area contributed by atoms with Crippen LogP contribution in [-0.2, 0) is 0 Å². The van der Waals surface area contributed by atoms with E-state index >= 15 is 0 Å². The lowest BCUT2D eigenvalue weighted by Gasteiger charge is -2.32. The van der Waals surface area contributed by atoms with Crippen molar-refractivity contribution in [2.45, 2.75) is 39.5 Å². The predicted octanol–water partition coefficient (Wildman–Crippen LogP) is 3.98. The number of rotatable bonds is 4. The lowest BCUT2D eigenvalue weighted by Crippen LogP contribution is -2.38. The van der Waals surface area contributed by atoms with Gasteiger partial charge in [0.2, 0.25) is 0 Å². The summed E-state index contributed by atoms with van der Waals surface area (Å²) in [5.74, 6) is 1.65. The molecule has 1 fully saturated rings. The first-order valence-electron chi connectivity index (χ1n) is 7.71. The second-order valence-corrected chi connectivity index (χ2v) is 6.29. The third-order valence-corrected chi connectivity index (χ3v) is 4.25. The molecule has 1 saturated heterocycles. The van der Waals surface area contributed by atoms with Crippen molar-refractivity contribution in [2.75, 3.05) is 18.8 Å². The Labute approximate surface area is 134 Å². The summed E-state index contributed by atoms with van der Waals surface area (Å²) in [6, 6.07) is 7.36. The highest BCUT2D eigenvalue weighted by Crippen LogP contribution is 2.25. The Morgan fingerprint density at radius 2 is 1.90 bits per heavy atom. The molecule has 2 N–H and O–H groups in total. The predicted molar refractivity (Wildman–Crippen MR) is 90.8 cm³/mol. The van der Waals surface area contributed by atoms with Crippen LogP contribution in [0.2, 0.25) is 0 Å². The standard InChI is InChI=1S/C17H26N2O.ClH/c1-13(2)7-8-14-9-11-19(12-10-14)17(20)15-5-3-4-6-16(15)18;/h3-6,13-14H,7-12,18H2,1-2H3;1H. The summed E-state index contributed by atoms with van der Waals surface area (Å²) in [6.45, 7) is 6.29. The van der Waals surface area contributed by atoms with E-state index in [4.69, 9.17) is 5.73 Å². The van der Waals surface area contributed by atoms with Crippen LogP contribution in [-0.4, -0.2) is 23.9 Å². The molecule has 4 heteroatoms. The number of anilines is 1. The van der Waals surface area contributed by atoms with E-state index in [0.29, 0.717) is 11.3 Å². The molecule has 0 radical (unpaired) electrons. The second kappa shape index (κ2) is 8.28. The van der Waals surface area contributed by atoms with Gasteiger partial charge in [-0.2, -0.15) is 0 Å². The highest BCUT2D eigenvalue weighted by Gasteiger charge is 2.24. The van der Waals surface area contributed by atoms with E-state index in [1.54, 1.807) is 6.07 Å². The first-order chi connectivity index (χ1) is 9.58. The summed E-state index contributed by atoms with van der Waals surface area (Å²) in [6.07, 6.45) is 4.85. The molecule has 1 heterocycles. The molecule has 3 nitrogen and oxygen atoms in total. The maximum atomic E-state index is 12.4. The summed E-state index contributed by atoms with van der Waals surface area (Å²) in [5.41, 5.74) is 7.12. The maximum Gasteiger partial charge on any atom is 0.255 e. The summed E-state index contributed by atoms with van der Waals surface area (Å²) in [4.78, 5) is 14.4. The van der Waals surface area contributed by atoms with Crippen molar-refractivity contribution in [2.24, 2.45) is 11.8 Å². The van der Waals surface area contributed by atoms with Gasteiger partial charge in [-0.15, -0.1) is 12.4 Å². The number of nitrogens with two attached hydrogens (primary N) is 1. The summed E-state index contributed by atoms with van der Waals surface area (Å²) < 4.78 is 0. The largest absolute Gasteiger partial charge is 0.398 e. The second-order valence-electron chi connectivity index (χ2n) is 6.29. The van der Waals surface area contributed by atoms with Crippen LogP contribution in [0.5, 0.6) is 0 Å². The molecule has 0 aromatic heterocycles.